The van der Waals surface area contributed by atoms with Crippen LogP contribution in [0.5, 0.6) is 0 Å². The van der Waals surface area contributed by atoms with Crippen molar-refractivity contribution in [1.29, 1.82) is 0 Å². The van der Waals surface area contributed by atoms with Crippen LogP contribution in [0.3, 0.4) is 0 Å². The van der Waals surface area contributed by atoms with E-state index < -0.39 is 60.4 Å². The third kappa shape index (κ3) is 12.3. The molecule has 0 fully saturated rings. The summed E-state index contributed by atoms with van der Waals surface area (Å²) in [4.78, 5) is 52.8. The Morgan fingerprint density at radius 2 is 1.55 bits per heavy atom. The monoisotopic (exact) mass is 491 g/mol. The number of aliphatic hydroxyl groups is 1. The van der Waals surface area contributed by atoms with Crippen molar-refractivity contribution in [2.24, 2.45) is 28.1 Å². The Kier molecular flexibility index (Phi) is 14.8. The molecule has 4 atom stereocenters. The molecule has 0 spiro atoms. The average Bonchev–Trinajstić information content (AvgIpc) is 2.74. The summed E-state index contributed by atoms with van der Waals surface area (Å²) >= 11 is 1.51. The van der Waals surface area contributed by atoms with Gasteiger partial charge in [-0.1, -0.05) is 13.8 Å². The molecule has 13 nitrogen and oxygen atoms in total. The van der Waals surface area contributed by atoms with Crippen LogP contribution in [0.4, 0.5) is 0 Å². The van der Waals surface area contributed by atoms with E-state index in [0.717, 1.165) is 0 Å². The topological polar surface area (TPSA) is 235 Å². The highest BCUT2D eigenvalue weighted by Gasteiger charge is 2.30. The number of thioether (sulfide) groups is 1. The number of nitrogens with zero attached hydrogens (tertiary/aromatic N) is 1. The zero-order chi connectivity index (χ0) is 25.6. The van der Waals surface area contributed by atoms with Gasteiger partial charge in [0.2, 0.25) is 17.7 Å². The number of nitrogens with two attached hydrogens (primary N) is 3. The maximum atomic E-state index is 12.7. The van der Waals surface area contributed by atoms with Gasteiger partial charge < -0.3 is 43.4 Å². The van der Waals surface area contributed by atoms with E-state index in [9.17, 15) is 29.4 Å². The van der Waals surface area contributed by atoms with Gasteiger partial charge >= 0.3 is 5.97 Å². The van der Waals surface area contributed by atoms with Crippen molar-refractivity contribution in [3.8, 4) is 0 Å². The van der Waals surface area contributed by atoms with Crippen molar-refractivity contribution in [3.63, 3.8) is 0 Å². The summed E-state index contributed by atoms with van der Waals surface area (Å²) in [7, 11) is 0. The number of carbonyl (C=O) groups excluding carboxylic acids is 3. The van der Waals surface area contributed by atoms with E-state index >= 15 is 0 Å². The number of amides is 3. The first kappa shape index (κ1) is 30.4. The first-order valence-electron chi connectivity index (χ1n) is 10.5. The second-order valence-electron chi connectivity index (χ2n) is 7.71. The van der Waals surface area contributed by atoms with E-state index in [4.69, 9.17) is 17.2 Å². The van der Waals surface area contributed by atoms with Gasteiger partial charge in [-0.05, 0) is 37.2 Å². The zero-order valence-electron chi connectivity index (χ0n) is 19.2. The van der Waals surface area contributed by atoms with Gasteiger partial charge in [0.1, 0.15) is 18.1 Å². The number of aliphatic hydroxyl groups excluding tert-OH is 1. The summed E-state index contributed by atoms with van der Waals surface area (Å²) < 4.78 is 0. The van der Waals surface area contributed by atoms with Crippen molar-refractivity contribution in [2.45, 2.75) is 57.3 Å². The predicted octanol–water partition coefficient (Wildman–Crippen LogP) is -2.69. The number of aliphatic imine (C=N–C) groups is 1. The minimum Gasteiger partial charge on any atom is -0.480 e. The predicted molar refractivity (Wildman–Crippen MR) is 126 cm³/mol. The van der Waals surface area contributed by atoms with Gasteiger partial charge in [-0.3, -0.25) is 19.4 Å². The number of carboxylic acid groups (broad SMARTS) is 1. The average molecular weight is 492 g/mol. The molecule has 3 amide bonds. The van der Waals surface area contributed by atoms with E-state index in [1.165, 1.54) is 11.8 Å². The Morgan fingerprint density at radius 1 is 0.970 bits per heavy atom. The molecule has 0 aliphatic rings. The van der Waals surface area contributed by atoms with Gasteiger partial charge in [-0.15, -0.1) is 0 Å². The van der Waals surface area contributed by atoms with E-state index in [2.05, 4.69) is 20.9 Å². The SMILES string of the molecule is CSCCC(N)C(=O)NC(CO)C(=O)NC(CCCN=C(N)N)C(=O)NC(C(=O)O)C(C)C. The van der Waals surface area contributed by atoms with Crippen molar-refractivity contribution in [1.82, 2.24) is 16.0 Å². The number of carbonyl (C=O) groups is 4. The molecule has 0 rings (SSSR count). The number of hydrogen-bond acceptors (Lipinski definition) is 8. The normalized spacial score (nSPS) is 14.5. The highest BCUT2D eigenvalue weighted by molar-refractivity contribution is 7.98. The fourth-order valence-electron chi connectivity index (χ4n) is 2.66. The zero-order valence-corrected chi connectivity index (χ0v) is 20.1. The molecular formula is C19H37N7O6S. The largest absolute Gasteiger partial charge is 0.480 e. The summed E-state index contributed by atoms with van der Waals surface area (Å²) in [5, 5.41) is 26.1. The maximum Gasteiger partial charge on any atom is 0.326 e. The van der Waals surface area contributed by atoms with Gasteiger partial charge in [-0.2, -0.15) is 11.8 Å². The van der Waals surface area contributed by atoms with Crippen molar-refractivity contribution in [3.05, 3.63) is 0 Å². The Morgan fingerprint density at radius 3 is 2.03 bits per heavy atom. The maximum absolute atomic E-state index is 12.7. The molecule has 4 unspecified atom stereocenters. The second kappa shape index (κ2) is 16.1. The number of nitrogens with one attached hydrogen (secondary N) is 3. The lowest BCUT2D eigenvalue weighted by molar-refractivity contribution is -0.143. The van der Waals surface area contributed by atoms with E-state index in [1.54, 1.807) is 13.8 Å². The lowest BCUT2D eigenvalue weighted by atomic mass is 10.0. The first-order valence-corrected chi connectivity index (χ1v) is 11.9. The van der Waals surface area contributed by atoms with Crippen molar-refractivity contribution < 1.29 is 29.4 Å². The molecule has 0 aromatic heterocycles. The Labute approximate surface area is 197 Å². The summed E-state index contributed by atoms with van der Waals surface area (Å²) in [6.07, 6.45) is 2.62. The highest BCUT2D eigenvalue weighted by Crippen LogP contribution is 2.06. The van der Waals surface area contributed by atoms with E-state index in [0.29, 0.717) is 18.6 Å². The third-order valence-corrected chi connectivity index (χ3v) is 5.24. The van der Waals surface area contributed by atoms with Crippen LogP contribution >= 0.6 is 11.8 Å². The lowest BCUT2D eigenvalue weighted by Gasteiger charge is -2.25. The van der Waals surface area contributed by atoms with Crippen LogP contribution in [0, 0.1) is 5.92 Å². The fourth-order valence-corrected chi connectivity index (χ4v) is 3.15. The molecule has 190 valence electrons. The van der Waals surface area contributed by atoms with E-state index in [-0.39, 0.29) is 18.9 Å². The molecule has 0 aliphatic heterocycles. The fraction of sp³-hybridized carbons (Fsp3) is 0.737. The van der Waals surface area contributed by atoms with E-state index in [1.807, 2.05) is 6.26 Å². The molecule has 11 N–H and O–H groups in total. The number of rotatable bonds is 16. The van der Waals surface area contributed by atoms with Crippen LogP contribution in [-0.4, -0.2) is 89.2 Å². The Bertz CT molecular complexity index is 688. The van der Waals surface area contributed by atoms with Crippen LogP contribution in [0.1, 0.15) is 33.1 Å². The molecule has 0 heterocycles. The number of carboxylic acids is 1. The molecule has 0 saturated carbocycles. The number of guanidine groups is 1. The molecule has 0 radical (unpaired) electrons. The van der Waals surface area contributed by atoms with Gasteiger partial charge in [0.15, 0.2) is 5.96 Å². The summed E-state index contributed by atoms with van der Waals surface area (Å²) in [5.74, 6) is -3.27. The smallest absolute Gasteiger partial charge is 0.326 e. The molecular weight excluding hydrogens is 454 g/mol. The van der Waals surface area contributed by atoms with Crippen LogP contribution in [0.2, 0.25) is 0 Å². The van der Waals surface area contributed by atoms with Crippen LogP contribution in [0.25, 0.3) is 0 Å². The van der Waals surface area contributed by atoms with Crippen LogP contribution in [0.15, 0.2) is 4.99 Å². The van der Waals surface area contributed by atoms with Gasteiger partial charge in [0, 0.05) is 6.54 Å². The molecule has 0 aliphatic carbocycles. The highest BCUT2D eigenvalue weighted by atomic mass is 32.2. The summed E-state index contributed by atoms with van der Waals surface area (Å²) in [6.45, 7) is 2.71. The summed E-state index contributed by atoms with van der Waals surface area (Å²) in [5.41, 5.74) is 16.3. The molecule has 0 aromatic carbocycles. The van der Waals surface area contributed by atoms with Gasteiger partial charge in [0.05, 0.1) is 12.6 Å². The second-order valence-corrected chi connectivity index (χ2v) is 8.70. The molecule has 14 heteroatoms. The molecule has 33 heavy (non-hydrogen) atoms. The van der Waals surface area contributed by atoms with Crippen LogP contribution < -0.4 is 33.2 Å². The number of hydrogen-bond donors (Lipinski definition) is 8. The minimum absolute atomic E-state index is 0.0815. The van der Waals surface area contributed by atoms with Crippen molar-refractivity contribution >= 4 is 41.4 Å². The van der Waals surface area contributed by atoms with Gasteiger partial charge in [-0.25, -0.2) is 4.79 Å². The summed E-state index contributed by atoms with van der Waals surface area (Å²) in [6, 6.07) is -4.52. The minimum atomic E-state index is -1.34. The first-order chi connectivity index (χ1) is 15.4. The lowest BCUT2D eigenvalue weighted by Crippen LogP contribution is -2.58. The Balaban J connectivity index is 5.33. The molecule has 0 bridgehead atoms. The quantitative estimate of drug-likeness (QED) is 0.0632. The van der Waals surface area contributed by atoms with Gasteiger partial charge in [0.25, 0.3) is 0 Å². The van der Waals surface area contributed by atoms with Crippen molar-refractivity contribution in [2.75, 3.05) is 25.2 Å². The third-order valence-electron chi connectivity index (χ3n) is 4.59. The molecule has 0 aromatic rings. The molecule has 0 saturated heterocycles. The Hall–Kier alpha value is -2.58. The number of aliphatic carboxylic acids is 1. The van der Waals surface area contributed by atoms with Crippen LogP contribution in [-0.2, 0) is 19.2 Å². The standard InChI is InChI=1S/C19H37N7O6S/c1-10(2)14(18(31)32)26-16(29)12(5-4-7-23-19(21)22)24-17(30)13(9-27)25-15(28)11(20)6-8-33-3/h10-14,27H,4-9,20H2,1-3H3,(H,24,30)(H,25,28)(H,26,29)(H,31,32)(H4,21,22,23).